The Hall–Kier alpha value is -1.42. The van der Waals surface area contributed by atoms with Crippen molar-refractivity contribution in [3.63, 3.8) is 0 Å². The maximum Gasteiger partial charge on any atom is 0.177 e. The number of pyridine rings is 1. The lowest BCUT2D eigenvalue weighted by atomic mass is 10.1. The number of rotatable bonds is 1. The summed E-state index contributed by atoms with van der Waals surface area (Å²) < 4.78 is 2.27. The number of nitrogens with one attached hydrogen (secondary N) is 1. The molecule has 0 saturated carbocycles. The van der Waals surface area contributed by atoms with E-state index in [2.05, 4.69) is 25.9 Å². The van der Waals surface area contributed by atoms with Crippen LogP contribution in [-0.2, 0) is 0 Å². The van der Waals surface area contributed by atoms with Gasteiger partial charge in [-0.2, -0.15) is 0 Å². The summed E-state index contributed by atoms with van der Waals surface area (Å²) in [7, 11) is 0. The molecule has 15 heavy (non-hydrogen) atoms. The summed E-state index contributed by atoms with van der Waals surface area (Å²) in [6, 6.07) is 4.65. The van der Waals surface area contributed by atoms with Crippen LogP contribution >= 0.6 is 0 Å². The van der Waals surface area contributed by atoms with E-state index in [1.165, 1.54) is 12.8 Å². The number of piperidine rings is 1. The topological polar surface area (TPSA) is 42.7 Å². The molecule has 3 rings (SSSR count). The zero-order chi connectivity index (χ0) is 10.1. The summed E-state index contributed by atoms with van der Waals surface area (Å²) in [5.74, 6) is 0. The van der Waals surface area contributed by atoms with Gasteiger partial charge in [0.1, 0.15) is 0 Å². The van der Waals surface area contributed by atoms with Crippen LogP contribution in [0.5, 0.6) is 0 Å². The molecule has 2 aromatic heterocycles. The van der Waals surface area contributed by atoms with Crippen molar-refractivity contribution in [3.05, 3.63) is 24.7 Å². The molecule has 1 fully saturated rings. The summed E-state index contributed by atoms with van der Waals surface area (Å²) in [6.07, 6.45) is 6.08. The molecule has 0 bridgehead atoms. The van der Waals surface area contributed by atoms with Gasteiger partial charge in [-0.25, -0.2) is 9.97 Å². The first-order valence-electron chi connectivity index (χ1n) is 5.43. The van der Waals surface area contributed by atoms with E-state index in [9.17, 15) is 0 Å². The van der Waals surface area contributed by atoms with E-state index in [1.807, 2.05) is 12.4 Å². The van der Waals surface area contributed by atoms with Crippen LogP contribution in [0.3, 0.4) is 0 Å². The Morgan fingerprint density at radius 2 is 2.13 bits per heavy atom. The van der Waals surface area contributed by atoms with Gasteiger partial charge >= 0.3 is 0 Å². The molecule has 3 heterocycles. The smallest absolute Gasteiger partial charge is 0.177 e. The molecule has 0 unspecified atom stereocenters. The van der Waals surface area contributed by atoms with Crippen LogP contribution in [0.4, 0.5) is 0 Å². The van der Waals surface area contributed by atoms with Gasteiger partial charge in [-0.15, -0.1) is 0 Å². The lowest BCUT2D eigenvalue weighted by Gasteiger charge is -2.24. The molecule has 2 aromatic rings. The van der Waals surface area contributed by atoms with Crippen LogP contribution in [0.1, 0.15) is 18.9 Å². The third-order valence-electron chi connectivity index (χ3n) is 3.05. The minimum absolute atomic E-state index is 0.584. The van der Waals surface area contributed by atoms with Gasteiger partial charge in [-0.3, -0.25) is 0 Å². The maximum atomic E-state index is 4.33. The second kappa shape index (κ2) is 3.62. The average Bonchev–Trinajstić information content (AvgIpc) is 2.74. The Morgan fingerprint density at radius 3 is 3.00 bits per heavy atom. The van der Waals surface area contributed by atoms with Gasteiger partial charge < -0.3 is 9.88 Å². The molecule has 0 atom stereocenters. The average molecular weight is 202 g/mol. The highest BCUT2D eigenvalue weighted by atomic mass is 15.1. The fraction of sp³-hybridized carbons (Fsp3) is 0.455. The summed E-state index contributed by atoms with van der Waals surface area (Å²) in [5.41, 5.74) is 2.01. The van der Waals surface area contributed by atoms with E-state index < -0.39 is 0 Å². The van der Waals surface area contributed by atoms with Crippen LogP contribution in [0.2, 0.25) is 0 Å². The summed E-state index contributed by atoms with van der Waals surface area (Å²) in [5, 5.41) is 3.38. The first kappa shape index (κ1) is 8.85. The number of aromatic nitrogens is 3. The van der Waals surface area contributed by atoms with Gasteiger partial charge in [0, 0.05) is 12.2 Å². The molecule has 1 saturated heterocycles. The predicted octanol–water partition coefficient (Wildman–Crippen LogP) is 1.36. The van der Waals surface area contributed by atoms with Gasteiger partial charge in [0.05, 0.1) is 11.8 Å². The second-order valence-electron chi connectivity index (χ2n) is 3.98. The fourth-order valence-electron chi connectivity index (χ4n) is 2.24. The van der Waals surface area contributed by atoms with E-state index in [-0.39, 0.29) is 0 Å². The van der Waals surface area contributed by atoms with Gasteiger partial charge in [-0.1, -0.05) is 0 Å². The molecule has 1 N–H and O–H groups in total. The van der Waals surface area contributed by atoms with Crippen LogP contribution in [0.25, 0.3) is 11.2 Å². The van der Waals surface area contributed by atoms with E-state index in [1.54, 1.807) is 6.20 Å². The Bertz CT molecular complexity index is 456. The largest absolute Gasteiger partial charge is 0.326 e. The first-order valence-corrected chi connectivity index (χ1v) is 5.43. The fourth-order valence-corrected chi connectivity index (χ4v) is 2.24. The second-order valence-corrected chi connectivity index (χ2v) is 3.98. The Labute approximate surface area is 88.3 Å². The van der Waals surface area contributed by atoms with Crippen molar-refractivity contribution in [1.82, 2.24) is 19.9 Å². The lowest BCUT2D eigenvalue weighted by Crippen LogP contribution is -2.29. The molecule has 0 radical (unpaired) electrons. The Kier molecular flexibility index (Phi) is 2.14. The molecular formula is C11H14N4. The molecule has 0 aliphatic carbocycles. The van der Waals surface area contributed by atoms with Crippen molar-refractivity contribution in [2.45, 2.75) is 18.9 Å². The number of imidazole rings is 1. The summed E-state index contributed by atoms with van der Waals surface area (Å²) in [6.45, 7) is 2.20. The maximum absolute atomic E-state index is 4.33. The van der Waals surface area contributed by atoms with Crippen LogP contribution in [-0.4, -0.2) is 27.6 Å². The minimum Gasteiger partial charge on any atom is -0.326 e. The third kappa shape index (κ3) is 1.51. The lowest BCUT2D eigenvalue weighted by molar-refractivity contribution is 0.374. The zero-order valence-electron chi connectivity index (χ0n) is 8.56. The highest BCUT2D eigenvalue weighted by Crippen LogP contribution is 2.22. The van der Waals surface area contributed by atoms with Gasteiger partial charge in [-0.05, 0) is 38.1 Å². The van der Waals surface area contributed by atoms with Crippen LogP contribution < -0.4 is 5.32 Å². The van der Waals surface area contributed by atoms with Gasteiger partial charge in [0.2, 0.25) is 0 Å². The highest BCUT2D eigenvalue weighted by molar-refractivity contribution is 5.70. The monoisotopic (exact) mass is 202 g/mol. The molecule has 1 aliphatic heterocycles. The third-order valence-corrected chi connectivity index (χ3v) is 3.05. The molecule has 0 aromatic carbocycles. The highest BCUT2D eigenvalue weighted by Gasteiger charge is 2.16. The van der Waals surface area contributed by atoms with E-state index >= 15 is 0 Å². The number of nitrogens with zero attached hydrogens (tertiary/aromatic N) is 3. The van der Waals surface area contributed by atoms with Crippen LogP contribution in [0.15, 0.2) is 24.7 Å². The normalized spacial score (nSPS) is 18.4. The van der Waals surface area contributed by atoms with Crippen molar-refractivity contribution in [2.24, 2.45) is 0 Å². The molecule has 4 heteroatoms. The van der Waals surface area contributed by atoms with Crippen molar-refractivity contribution >= 4 is 11.2 Å². The molecule has 78 valence electrons. The van der Waals surface area contributed by atoms with E-state index in [4.69, 9.17) is 0 Å². The standard InChI is InChI=1S/C11H14N4/c1-2-10-11(13-5-1)14-8-15(10)9-3-6-12-7-4-9/h1-2,5,8-9,12H,3-4,6-7H2. The first-order chi connectivity index (χ1) is 7.45. The van der Waals surface area contributed by atoms with Gasteiger partial charge in [0.25, 0.3) is 0 Å². The zero-order valence-corrected chi connectivity index (χ0v) is 8.56. The quantitative estimate of drug-likeness (QED) is 0.759. The van der Waals surface area contributed by atoms with Crippen LogP contribution in [0, 0.1) is 0 Å². The van der Waals surface area contributed by atoms with Gasteiger partial charge in [0.15, 0.2) is 5.65 Å². The number of hydrogen-bond donors (Lipinski definition) is 1. The predicted molar refractivity (Wildman–Crippen MR) is 58.7 cm³/mol. The van der Waals surface area contributed by atoms with Crippen molar-refractivity contribution in [1.29, 1.82) is 0 Å². The Balaban J connectivity index is 2.02. The Morgan fingerprint density at radius 1 is 1.27 bits per heavy atom. The van der Waals surface area contributed by atoms with E-state index in [0.29, 0.717) is 6.04 Å². The van der Waals surface area contributed by atoms with Crippen molar-refractivity contribution in [2.75, 3.05) is 13.1 Å². The SMILES string of the molecule is c1cnc2ncn(C3CCNCC3)c2c1. The summed E-state index contributed by atoms with van der Waals surface area (Å²) in [4.78, 5) is 8.57. The summed E-state index contributed by atoms with van der Waals surface area (Å²) >= 11 is 0. The number of hydrogen-bond acceptors (Lipinski definition) is 3. The minimum atomic E-state index is 0.584. The molecule has 0 amide bonds. The molecule has 1 aliphatic rings. The van der Waals surface area contributed by atoms with E-state index in [0.717, 1.165) is 24.3 Å². The van der Waals surface area contributed by atoms with Crippen molar-refractivity contribution in [3.8, 4) is 0 Å². The van der Waals surface area contributed by atoms with Crippen molar-refractivity contribution < 1.29 is 0 Å². The molecular weight excluding hydrogens is 188 g/mol. The molecule has 0 spiro atoms. The molecule has 4 nitrogen and oxygen atoms in total. The number of fused-ring (bicyclic) bond motifs is 1.